The van der Waals surface area contributed by atoms with Crippen LogP contribution in [-0.4, -0.2) is 34.5 Å². The van der Waals surface area contributed by atoms with E-state index in [1.807, 2.05) is 78.2 Å². The van der Waals surface area contributed by atoms with Gasteiger partial charge in [-0.15, -0.1) is 0 Å². The predicted molar refractivity (Wildman–Crippen MR) is 108 cm³/mol. The summed E-state index contributed by atoms with van der Waals surface area (Å²) < 4.78 is 1.95. The molecule has 1 amide bonds. The van der Waals surface area contributed by atoms with E-state index in [1.54, 1.807) is 18.3 Å². The molecule has 0 radical (unpaired) electrons. The highest BCUT2D eigenvalue weighted by Crippen LogP contribution is 2.25. The number of rotatable bonds is 4. The summed E-state index contributed by atoms with van der Waals surface area (Å²) in [6, 6.07) is 21.1. The van der Waals surface area contributed by atoms with Crippen molar-refractivity contribution in [2.24, 2.45) is 0 Å². The van der Waals surface area contributed by atoms with E-state index in [9.17, 15) is 4.79 Å². The molecule has 0 unspecified atom stereocenters. The van der Waals surface area contributed by atoms with Gasteiger partial charge < -0.3 is 4.90 Å². The molecule has 1 N–H and O–H groups in total. The fourth-order valence-electron chi connectivity index (χ4n) is 2.93. The summed E-state index contributed by atoms with van der Waals surface area (Å²) in [6.07, 6.45) is 1.63. The predicted octanol–water partition coefficient (Wildman–Crippen LogP) is 3.74. The Morgan fingerprint density at radius 3 is 2.52 bits per heavy atom. The average molecular weight is 357 g/mol. The third kappa shape index (κ3) is 3.25. The first-order chi connectivity index (χ1) is 13.1. The van der Waals surface area contributed by atoms with E-state index in [2.05, 4.69) is 15.3 Å². The number of amides is 1. The standard InChI is InChI=1S/C21H19N5O/c1-25(2)19-14-15(12-13-22-19)20(27)24-21-23-17-10-6-7-11-18(17)26(21)16-8-4-3-5-9-16/h3-14H,1-2H3,(H,23,24,27). The molecule has 2 aromatic carbocycles. The van der Waals surface area contributed by atoms with Crippen LogP contribution in [0, 0.1) is 0 Å². The topological polar surface area (TPSA) is 63.1 Å². The lowest BCUT2D eigenvalue weighted by atomic mass is 10.2. The zero-order valence-corrected chi connectivity index (χ0v) is 15.1. The largest absolute Gasteiger partial charge is 0.363 e. The Balaban J connectivity index is 1.76. The summed E-state index contributed by atoms with van der Waals surface area (Å²) in [5, 5.41) is 2.95. The molecule has 6 heteroatoms. The highest BCUT2D eigenvalue weighted by molar-refractivity contribution is 6.04. The molecule has 0 saturated carbocycles. The van der Waals surface area contributed by atoms with Crippen molar-refractivity contribution in [2.45, 2.75) is 0 Å². The van der Waals surface area contributed by atoms with E-state index in [0.717, 1.165) is 22.5 Å². The maximum Gasteiger partial charge on any atom is 0.258 e. The summed E-state index contributed by atoms with van der Waals surface area (Å²) in [6.45, 7) is 0. The van der Waals surface area contributed by atoms with Crippen LogP contribution in [0.4, 0.5) is 11.8 Å². The van der Waals surface area contributed by atoms with Gasteiger partial charge >= 0.3 is 0 Å². The molecule has 0 saturated heterocycles. The molecular weight excluding hydrogens is 338 g/mol. The zero-order chi connectivity index (χ0) is 18.8. The first kappa shape index (κ1) is 16.8. The van der Waals surface area contributed by atoms with Crippen molar-refractivity contribution in [1.82, 2.24) is 14.5 Å². The van der Waals surface area contributed by atoms with E-state index in [1.165, 1.54) is 0 Å². The summed E-state index contributed by atoms with van der Waals surface area (Å²) in [5.74, 6) is 0.975. The lowest BCUT2D eigenvalue weighted by Crippen LogP contribution is -2.17. The van der Waals surface area contributed by atoms with Crippen molar-refractivity contribution in [3.8, 4) is 5.69 Å². The number of aromatic nitrogens is 3. The number of hydrogen-bond donors (Lipinski definition) is 1. The first-order valence-corrected chi connectivity index (χ1v) is 8.61. The monoisotopic (exact) mass is 357 g/mol. The van der Waals surface area contributed by atoms with Gasteiger partial charge in [-0.25, -0.2) is 9.97 Å². The summed E-state index contributed by atoms with van der Waals surface area (Å²) in [7, 11) is 3.78. The number of pyridine rings is 1. The third-order valence-corrected chi connectivity index (χ3v) is 4.27. The molecule has 0 aliphatic rings. The number of carbonyl (C=O) groups excluding carboxylic acids is 1. The molecule has 4 aromatic rings. The van der Waals surface area contributed by atoms with Crippen LogP contribution in [0.5, 0.6) is 0 Å². The number of benzene rings is 2. The summed E-state index contributed by atoms with van der Waals surface area (Å²) in [4.78, 5) is 23.6. The van der Waals surface area contributed by atoms with Crippen molar-refractivity contribution in [1.29, 1.82) is 0 Å². The van der Waals surface area contributed by atoms with Gasteiger partial charge in [-0.3, -0.25) is 14.7 Å². The molecule has 0 aliphatic heterocycles. The maximum absolute atomic E-state index is 12.8. The molecule has 134 valence electrons. The number of para-hydroxylation sites is 3. The number of imidazole rings is 1. The van der Waals surface area contributed by atoms with E-state index in [4.69, 9.17) is 0 Å². The smallest absolute Gasteiger partial charge is 0.258 e. The Morgan fingerprint density at radius 1 is 1.00 bits per heavy atom. The van der Waals surface area contributed by atoms with Crippen LogP contribution in [0.15, 0.2) is 72.9 Å². The molecule has 0 fully saturated rings. The molecule has 0 bridgehead atoms. The van der Waals surface area contributed by atoms with Gasteiger partial charge in [0.2, 0.25) is 5.95 Å². The first-order valence-electron chi connectivity index (χ1n) is 8.61. The Kier molecular flexibility index (Phi) is 4.30. The second kappa shape index (κ2) is 6.92. The molecular formula is C21H19N5O. The number of fused-ring (bicyclic) bond motifs is 1. The van der Waals surface area contributed by atoms with E-state index < -0.39 is 0 Å². The average Bonchev–Trinajstić information content (AvgIpc) is 3.06. The lowest BCUT2D eigenvalue weighted by Gasteiger charge is -2.13. The molecule has 2 heterocycles. The molecule has 6 nitrogen and oxygen atoms in total. The quantitative estimate of drug-likeness (QED) is 0.604. The van der Waals surface area contributed by atoms with Crippen molar-refractivity contribution in [3.05, 3.63) is 78.5 Å². The minimum absolute atomic E-state index is 0.229. The van der Waals surface area contributed by atoms with E-state index in [0.29, 0.717) is 11.5 Å². The summed E-state index contributed by atoms with van der Waals surface area (Å²) >= 11 is 0. The molecule has 0 spiro atoms. The lowest BCUT2D eigenvalue weighted by molar-refractivity contribution is 0.102. The van der Waals surface area contributed by atoms with E-state index in [-0.39, 0.29) is 5.91 Å². The van der Waals surface area contributed by atoms with Gasteiger partial charge in [0.1, 0.15) is 5.82 Å². The molecule has 27 heavy (non-hydrogen) atoms. The fourth-order valence-corrected chi connectivity index (χ4v) is 2.93. The van der Waals surface area contributed by atoms with Gasteiger partial charge in [0.15, 0.2) is 0 Å². The Labute approximate surface area is 157 Å². The number of nitrogens with zero attached hydrogens (tertiary/aromatic N) is 4. The van der Waals surface area contributed by atoms with Crippen molar-refractivity contribution >= 4 is 28.7 Å². The molecule has 0 aliphatic carbocycles. The highest BCUT2D eigenvalue weighted by atomic mass is 16.1. The van der Waals surface area contributed by atoms with Crippen LogP contribution in [0.3, 0.4) is 0 Å². The number of hydrogen-bond acceptors (Lipinski definition) is 4. The van der Waals surface area contributed by atoms with Gasteiger partial charge in [0, 0.05) is 31.5 Å². The van der Waals surface area contributed by atoms with Gasteiger partial charge in [-0.2, -0.15) is 0 Å². The fraction of sp³-hybridized carbons (Fsp3) is 0.0952. The SMILES string of the molecule is CN(C)c1cc(C(=O)Nc2nc3ccccc3n2-c2ccccc2)ccn1. The van der Waals surface area contributed by atoms with Crippen molar-refractivity contribution in [3.63, 3.8) is 0 Å². The Morgan fingerprint density at radius 2 is 1.74 bits per heavy atom. The van der Waals surface area contributed by atoms with Crippen LogP contribution in [0.1, 0.15) is 10.4 Å². The zero-order valence-electron chi connectivity index (χ0n) is 15.1. The van der Waals surface area contributed by atoms with Gasteiger partial charge in [-0.05, 0) is 36.4 Å². The van der Waals surface area contributed by atoms with Crippen LogP contribution in [0.2, 0.25) is 0 Å². The van der Waals surface area contributed by atoms with Gasteiger partial charge in [0.25, 0.3) is 5.91 Å². The summed E-state index contributed by atoms with van der Waals surface area (Å²) in [5.41, 5.74) is 3.22. The normalized spacial score (nSPS) is 10.7. The van der Waals surface area contributed by atoms with Crippen molar-refractivity contribution < 1.29 is 4.79 Å². The minimum atomic E-state index is -0.229. The van der Waals surface area contributed by atoms with Gasteiger partial charge in [-0.1, -0.05) is 30.3 Å². The van der Waals surface area contributed by atoms with Crippen LogP contribution < -0.4 is 10.2 Å². The Bertz CT molecular complexity index is 1100. The second-order valence-corrected chi connectivity index (χ2v) is 6.35. The number of nitrogens with one attached hydrogen (secondary N) is 1. The maximum atomic E-state index is 12.8. The molecule has 2 aromatic heterocycles. The number of carbonyl (C=O) groups is 1. The Hall–Kier alpha value is -3.67. The van der Waals surface area contributed by atoms with Crippen LogP contribution in [-0.2, 0) is 0 Å². The van der Waals surface area contributed by atoms with E-state index >= 15 is 0 Å². The van der Waals surface area contributed by atoms with Crippen molar-refractivity contribution in [2.75, 3.05) is 24.3 Å². The molecule has 4 rings (SSSR count). The third-order valence-electron chi connectivity index (χ3n) is 4.27. The highest BCUT2D eigenvalue weighted by Gasteiger charge is 2.16. The van der Waals surface area contributed by atoms with Crippen LogP contribution in [0.25, 0.3) is 16.7 Å². The number of anilines is 2. The van der Waals surface area contributed by atoms with Gasteiger partial charge in [0.05, 0.1) is 11.0 Å². The van der Waals surface area contributed by atoms with Crippen LogP contribution >= 0.6 is 0 Å². The molecule has 0 atom stereocenters. The second-order valence-electron chi connectivity index (χ2n) is 6.35. The minimum Gasteiger partial charge on any atom is -0.363 e.